The number of carbonyl (C=O) groups is 2. The van der Waals surface area contributed by atoms with Crippen molar-refractivity contribution >= 4 is 17.4 Å². The van der Waals surface area contributed by atoms with Gasteiger partial charge in [0.05, 0.1) is 18.7 Å². The molecule has 4 rings (SSSR count). The number of methoxy groups -OCH3 is 2. The Morgan fingerprint density at radius 3 is 2.59 bits per heavy atom. The Bertz CT molecular complexity index is 1060. The third kappa shape index (κ3) is 3.96. The van der Waals surface area contributed by atoms with Crippen LogP contribution in [0.15, 0.2) is 48.0 Å². The van der Waals surface area contributed by atoms with Crippen LogP contribution >= 0.6 is 0 Å². The molecule has 0 bridgehead atoms. The van der Waals surface area contributed by atoms with Gasteiger partial charge in [-0.05, 0) is 54.8 Å². The van der Waals surface area contributed by atoms with E-state index < -0.39 is 17.7 Å². The van der Waals surface area contributed by atoms with E-state index in [1.54, 1.807) is 38.5 Å². The number of ether oxygens (including phenoxy) is 3. The quantitative estimate of drug-likeness (QED) is 0.309. The molecule has 1 fully saturated rings. The van der Waals surface area contributed by atoms with Crippen LogP contribution in [0.5, 0.6) is 11.5 Å². The lowest BCUT2D eigenvalue weighted by atomic mass is 9.94. The van der Waals surface area contributed by atoms with Crippen LogP contribution in [0, 0.1) is 0 Å². The first kappa shape index (κ1) is 21.9. The van der Waals surface area contributed by atoms with Gasteiger partial charge in [0.2, 0.25) is 0 Å². The second-order valence-electron chi connectivity index (χ2n) is 8.07. The van der Waals surface area contributed by atoms with Gasteiger partial charge < -0.3 is 24.2 Å². The summed E-state index contributed by atoms with van der Waals surface area (Å²) >= 11 is 0. The van der Waals surface area contributed by atoms with Crippen molar-refractivity contribution in [3.05, 3.63) is 64.7 Å². The molecule has 7 nitrogen and oxygen atoms in total. The summed E-state index contributed by atoms with van der Waals surface area (Å²) in [4.78, 5) is 27.5. The van der Waals surface area contributed by atoms with Crippen LogP contribution in [0.25, 0.3) is 5.76 Å². The number of carbonyl (C=O) groups excluding carboxylic acids is 2. The Morgan fingerprint density at radius 2 is 1.91 bits per heavy atom. The lowest BCUT2D eigenvalue weighted by Crippen LogP contribution is -2.31. The van der Waals surface area contributed by atoms with E-state index in [1.807, 2.05) is 25.1 Å². The molecule has 7 heteroatoms. The Kier molecular flexibility index (Phi) is 6.19. The van der Waals surface area contributed by atoms with Crippen molar-refractivity contribution < 1.29 is 28.9 Å². The van der Waals surface area contributed by atoms with Gasteiger partial charge in [-0.25, -0.2) is 0 Å². The number of aliphatic hydroxyl groups is 1. The number of amides is 1. The van der Waals surface area contributed by atoms with Crippen LogP contribution < -0.4 is 9.47 Å². The normalized spacial score (nSPS) is 21.5. The summed E-state index contributed by atoms with van der Waals surface area (Å²) in [6.45, 7) is 2.78. The van der Waals surface area contributed by atoms with Gasteiger partial charge in [0.15, 0.2) is 0 Å². The van der Waals surface area contributed by atoms with E-state index in [9.17, 15) is 14.7 Å². The number of aliphatic hydroxyl groups excluding tert-OH is 1. The van der Waals surface area contributed by atoms with Crippen LogP contribution in [-0.4, -0.2) is 55.2 Å². The second kappa shape index (κ2) is 9.04. The van der Waals surface area contributed by atoms with E-state index in [4.69, 9.17) is 14.2 Å². The van der Waals surface area contributed by atoms with Crippen molar-refractivity contribution in [1.82, 2.24) is 4.90 Å². The number of fused-ring (bicyclic) bond motifs is 1. The topological polar surface area (TPSA) is 85.3 Å². The Balaban J connectivity index is 1.79. The predicted molar refractivity (Wildman–Crippen MR) is 119 cm³/mol. The molecule has 2 aliphatic heterocycles. The molecule has 2 heterocycles. The van der Waals surface area contributed by atoms with E-state index in [0.717, 1.165) is 23.3 Å². The molecule has 0 radical (unpaired) electrons. The monoisotopic (exact) mass is 437 g/mol. The van der Waals surface area contributed by atoms with E-state index in [1.165, 1.54) is 4.90 Å². The molecule has 2 atom stereocenters. The van der Waals surface area contributed by atoms with E-state index in [-0.39, 0.29) is 17.4 Å². The number of hydrogen-bond donors (Lipinski definition) is 1. The molecule has 0 spiro atoms. The Hall–Kier alpha value is -3.32. The van der Waals surface area contributed by atoms with Crippen LogP contribution in [0.2, 0.25) is 0 Å². The summed E-state index contributed by atoms with van der Waals surface area (Å²) in [7, 11) is 3.16. The van der Waals surface area contributed by atoms with Crippen molar-refractivity contribution in [3.8, 4) is 11.5 Å². The van der Waals surface area contributed by atoms with Crippen LogP contribution in [-0.2, 0) is 20.7 Å². The number of hydrogen-bond acceptors (Lipinski definition) is 6. The van der Waals surface area contributed by atoms with Gasteiger partial charge in [0, 0.05) is 32.2 Å². The second-order valence-corrected chi connectivity index (χ2v) is 8.07. The van der Waals surface area contributed by atoms with E-state index in [0.29, 0.717) is 30.9 Å². The number of nitrogens with zero attached hydrogens (tertiary/aromatic N) is 1. The van der Waals surface area contributed by atoms with Crippen molar-refractivity contribution in [2.45, 2.75) is 31.9 Å². The summed E-state index contributed by atoms with van der Waals surface area (Å²) in [5.41, 5.74) is 2.28. The molecule has 2 aliphatic rings. The molecule has 1 N–H and O–H groups in total. The number of ketones is 1. The highest BCUT2D eigenvalue weighted by atomic mass is 16.5. The molecule has 0 saturated carbocycles. The van der Waals surface area contributed by atoms with Crippen LogP contribution in [0.1, 0.15) is 36.1 Å². The minimum Gasteiger partial charge on any atom is -0.507 e. The lowest BCUT2D eigenvalue weighted by Gasteiger charge is -2.25. The van der Waals surface area contributed by atoms with Crippen molar-refractivity contribution in [2.24, 2.45) is 0 Å². The van der Waals surface area contributed by atoms with Gasteiger partial charge in [0.25, 0.3) is 11.7 Å². The highest BCUT2D eigenvalue weighted by Gasteiger charge is 2.45. The maximum atomic E-state index is 13.1. The van der Waals surface area contributed by atoms with Crippen LogP contribution in [0.4, 0.5) is 0 Å². The zero-order chi connectivity index (χ0) is 22.8. The summed E-state index contributed by atoms with van der Waals surface area (Å²) in [6.07, 6.45) is 1.36. The molecule has 0 aromatic heterocycles. The van der Waals surface area contributed by atoms with Crippen LogP contribution in [0.3, 0.4) is 0 Å². The average Bonchev–Trinajstić information content (AvgIpc) is 3.29. The SMILES string of the molecule is COCCCN1C(=O)C(=O)/C(=C(/O)c2ccc3c(c2)C[C@@H](C)O3)[C@@H]1c1ccc(OC)cc1. The molecule has 0 aliphatic carbocycles. The first-order valence-corrected chi connectivity index (χ1v) is 10.7. The first-order chi connectivity index (χ1) is 15.4. The summed E-state index contributed by atoms with van der Waals surface area (Å²) in [5.74, 6) is -0.0493. The lowest BCUT2D eigenvalue weighted by molar-refractivity contribution is -0.140. The fourth-order valence-corrected chi connectivity index (χ4v) is 4.35. The fourth-order valence-electron chi connectivity index (χ4n) is 4.35. The maximum Gasteiger partial charge on any atom is 0.295 e. The van der Waals surface area contributed by atoms with E-state index >= 15 is 0 Å². The molecule has 1 saturated heterocycles. The minimum absolute atomic E-state index is 0.0630. The Labute approximate surface area is 187 Å². The largest absolute Gasteiger partial charge is 0.507 e. The highest BCUT2D eigenvalue weighted by Crippen LogP contribution is 2.41. The number of benzene rings is 2. The third-order valence-electron chi connectivity index (χ3n) is 5.89. The van der Waals surface area contributed by atoms with Gasteiger partial charge in [-0.15, -0.1) is 0 Å². The smallest absolute Gasteiger partial charge is 0.295 e. The van der Waals surface area contributed by atoms with Crippen molar-refractivity contribution in [3.63, 3.8) is 0 Å². The zero-order valence-electron chi connectivity index (χ0n) is 18.5. The molecule has 1 amide bonds. The molecule has 32 heavy (non-hydrogen) atoms. The standard InChI is InChI=1S/C25H27NO6/c1-15-13-18-14-17(7-10-20(18)32-15)23(27)21-22(16-5-8-19(31-3)9-6-16)26(11-4-12-30-2)25(29)24(21)28/h5-10,14-15,22,27H,4,11-13H2,1-3H3/b23-21+/t15-,22+/m1/s1. The van der Waals surface area contributed by atoms with Gasteiger partial charge >= 0.3 is 0 Å². The summed E-state index contributed by atoms with van der Waals surface area (Å²) in [6, 6.07) is 11.8. The molecule has 168 valence electrons. The molecule has 2 aromatic carbocycles. The van der Waals surface area contributed by atoms with Gasteiger partial charge in [-0.1, -0.05) is 12.1 Å². The summed E-state index contributed by atoms with van der Waals surface area (Å²) < 4.78 is 16.1. The first-order valence-electron chi connectivity index (χ1n) is 10.7. The molecule has 0 unspecified atom stereocenters. The molecular formula is C25H27NO6. The zero-order valence-corrected chi connectivity index (χ0v) is 18.5. The number of likely N-dealkylation sites (tertiary alicyclic amines) is 1. The van der Waals surface area contributed by atoms with Crippen molar-refractivity contribution in [1.29, 1.82) is 0 Å². The minimum atomic E-state index is -0.693. The summed E-state index contributed by atoms with van der Waals surface area (Å²) in [5, 5.41) is 11.2. The average molecular weight is 437 g/mol. The third-order valence-corrected chi connectivity index (χ3v) is 5.89. The molecule has 2 aromatic rings. The maximum absolute atomic E-state index is 13.1. The van der Waals surface area contributed by atoms with E-state index in [2.05, 4.69) is 0 Å². The van der Waals surface area contributed by atoms with Gasteiger partial charge in [0.1, 0.15) is 23.4 Å². The number of Topliss-reactive ketones (excluding diaryl/α,β-unsaturated/α-hetero) is 1. The number of rotatable bonds is 7. The van der Waals surface area contributed by atoms with Crippen molar-refractivity contribution in [2.75, 3.05) is 27.4 Å². The molecular weight excluding hydrogens is 410 g/mol. The Morgan fingerprint density at radius 1 is 1.16 bits per heavy atom. The predicted octanol–water partition coefficient (Wildman–Crippen LogP) is 3.48. The highest BCUT2D eigenvalue weighted by molar-refractivity contribution is 6.46. The van der Waals surface area contributed by atoms with Gasteiger partial charge in [-0.2, -0.15) is 0 Å². The van der Waals surface area contributed by atoms with Gasteiger partial charge in [-0.3, -0.25) is 9.59 Å². The fraction of sp³-hybridized carbons (Fsp3) is 0.360.